The molecule has 0 atom stereocenters. The van der Waals surface area contributed by atoms with Crippen molar-refractivity contribution in [2.24, 2.45) is 0 Å². The maximum absolute atomic E-state index is 2.72. The van der Waals surface area contributed by atoms with Crippen LogP contribution in [0.3, 0.4) is 0 Å². The third-order valence-corrected chi connectivity index (χ3v) is 3.98. The fraction of sp³-hybridized carbons (Fsp3) is 1.00. The van der Waals surface area contributed by atoms with Crippen LogP contribution in [0.25, 0.3) is 0 Å². The van der Waals surface area contributed by atoms with Crippen LogP contribution in [0, 0.1) is 0 Å². The molecule has 0 aliphatic carbocycles. The van der Waals surface area contributed by atoms with E-state index < -0.39 is 0 Å². The molecular formula is C18H39N. The highest BCUT2D eigenvalue weighted by atomic mass is 15.1. The Morgan fingerprint density at radius 2 is 0.789 bits per heavy atom. The number of hydrogen-bond donors (Lipinski definition) is 0. The van der Waals surface area contributed by atoms with Crippen molar-refractivity contribution in [3.63, 3.8) is 0 Å². The van der Waals surface area contributed by atoms with Crippen LogP contribution >= 0.6 is 0 Å². The molecule has 0 fully saturated rings. The zero-order valence-corrected chi connectivity index (χ0v) is 14.1. The molecule has 0 bridgehead atoms. The van der Waals surface area contributed by atoms with Crippen LogP contribution in [0.5, 0.6) is 0 Å². The van der Waals surface area contributed by atoms with Gasteiger partial charge in [-0.25, -0.2) is 0 Å². The van der Waals surface area contributed by atoms with Crippen molar-refractivity contribution in [2.45, 2.75) is 97.8 Å². The normalized spacial score (nSPS) is 11.4. The summed E-state index contributed by atoms with van der Waals surface area (Å²) in [4.78, 5) is 2.72. The molecule has 0 amide bonds. The lowest BCUT2D eigenvalue weighted by Gasteiger charge is -2.22. The van der Waals surface area contributed by atoms with Gasteiger partial charge in [-0.05, 0) is 38.9 Å². The van der Waals surface area contributed by atoms with Crippen molar-refractivity contribution in [2.75, 3.05) is 19.6 Å². The molecule has 0 heterocycles. The Morgan fingerprint density at radius 1 is 0.421 bits per heavy atom. The number of rotatable bonds is 15. The summed E-state index contributed by atoms with van der Waals surface area (Å²) in [6.07, 6.45) is 16.9. The molecule has 0 aromatic rings. The van der Waals surface area contributed by atoms with Crippen molar-refractivity contribution in [1.29, 1.82) is 0 Å². The van der Waals surface area contributed by atoms with Gasteiger partial charge in [-0.15, -0.1) is 0 Å². The molecule has 1 heteroatoms. The predicted molar refractivity (Wildman–Crippen MR) is 88.9 cm³/mol. The standard InChI is InChI=1S/C18H39N/c1-4-7-10-12-13-15-18-19(16-9-6-3)17-14-11-8-5-2/h4-18H2,1-3H3. The van der Waals surface area contributed by atoms with Crippen molar-refractivity contribution in [3.05, 3.63) is 0 Å². The van der Waals surface area contributed by atoms with E-state index in [9.17, 15) is 0 Å². The van der Waals surface area contributed by atoms with E-state index in [1.54, 1.807) is 0 Å². The van der Waals surface area contributed by atoms with Crippen LogP contribution in [0.1, 0.15) is 97.8 Å². The minimum Gasteiger partial charge on any atom is -0.303 e. The van der Waals surface area contributed by atoms with Crippen molar-refractivity contribution in [3.8, 4) is 0 Å². The van der Waals surface area contributed by atoms with E-state index in [2.05, 4.69) is 25.7 Å². The summed E-state index contributed by atoms with van der Waals surface area (Å²) in [5, 5.41) is 0. The molecular weight excluding hydrogens is 230 g/mol. The highest BCUT2D eigenvalue weighted by molar-refractivity contribution is 4.59. The van der Waals surface area contributed by atoms with E-state index in [0.717, 1.165) is 0 Å². The molecule has 116 valence electrons. The van der Waals surface area contributed by atoms with E-state index in [4.69, 9.17) is 0 Å². The van der Waals surface area contributed by atoms with Crippen LogP contribution in [0.4, 0.5) is 0 Å². The molecule has 0 aromatic carbocycles. The van der Waals surface area contributed by atoms with Crippen LogP contribution in [0.2, 0.25) is 0 Å². The second-order valence-electron chi connectivity index (χ2n) is 6.02. The summed E-state index contributed by atoms with van der Waals surface area (Å²) < 4.78 is 0. The van der Waals surface area contributed by atoms with Gasteiger partial charge in [-0.3, -0.25) is 0 Å². The summed E-state index contributed by atoms with van der Waals surface area (Å²) >= 11 is 0. The van der Waals surface area contributed by atoms with Crippen molar-refractivity contribution >= 4 is 0 Å². The molecule has 0 saturated carbocycles. The van der Waals surface area contributed by atoms with E-state index in [0.29, 0.717) is 0 Å². The molecule has 0 aromatic heterocycles. The van der Waals surface area contributed by atoms with Gasteiger partial charge in [0.1, 0.15) is 0 Å². The number of nitrogens with zero attached hydrogens (tertiary/aromatic N) is 1. The van der Waals surface area contributed by atoms with Gasteiger partial charge in [0.25, 0.3) is 0 Å². The van der Waals surface area contributed by atoms with Crippen LogP contribution < -0.4 is 0 Å². The first kappa shape index (κ1) is 19.0. The quantitative estimate of drug-likeness (QED) is 0.328. The highest BCUT2D eigenvalue weighted by Gasteiger charge is 2.03. The van der Waals surface area contributed by atoms with Gasteiger partial charge in [0.2, 0.25) is 0 Å². The zero-order chi connectivity index (χ0) is 14.2. The summed E-state index contributed by atoms with van der Waals surface area (Å²) in [5.41, 5.74) is 0. The third kappa shape index (κ3) is 14.2. The van der Waals surface area contributed by atoms with E-state index in [1.165, 1.54) is 96.7 Å². The van der Waals surface area contributed by atoms with Crippen LogP contribution in [0.15, 0.2) is 0 Å². The van der Waals surface area contributed by atoms with Gasteiger partial charge in [-0.2, -0.15) is 0 Å². The van der Waals surface area contributed by atoms with Crippen molar-refractivity contribution in [1.82, 2.24) is 4.90 Å². The molecule has 0 unspecified atom stereocenters. The fourth-order valence-corrected chi connectivity index (χ4v) is 2.60. The minimum absolute atomic E-state index is 1.33. The summed E-state index contributed by atoms with van der Waals surface area (Å²) in [5.74, 6) is 0. The Labute approximate surface area is 123 Å². The predicted octanol–water partition coefficient (Wildman–Crippen LogP) is 6.03. The Balaban J connectivity index is 3.55. The monoisotopic (exact) mass is 269 g/mol. The lowest BCUT2D eigenvalue weighted by atomic mass is 10.1. The Kier molecular flexibility index (Phi) is 16.0. The molecule has 19 heavy (non-hydrogen) atoms. The molecule has 0 saturated heterocycles. The molecule has 1 nitrogen and oxygen atoms in total. The lowest BCUT2D eigenvalue weighted by molar-refractivity contribution is 0.256. The van der Waals surface area contributed by atoms with E-state index >= 15 is 0 Å². The third-order valence-electron chi connectivity index (χ3n) is 3.98. The number of hydrogen-bond acceptors (Lipinski definition) is 1. The molecule has 0 aliphatic rings. The molecule has 0 spiro atoms. The molecule has 0 N–H and O–H groups in total. The Morgan fingerprint density at radius 3 is 1.32 bits per heavy atom. The van der Waals surface area contributed by atoms with Crippen LogP contribution in [-0.4, -0.2) is 24.5 Å². The smallest absolute Gasteiger partial charge is 0.00187 e. The Bertz CT molecular complexity index is 156. The fourth-order valence-electron chi connectivity index (χ4n) is 2.60. The summed E-state index contributed by atoms with van der Waals surface area (Å²) in [7, 11) is 0. The molecule has 0 rings (SSSR count). The Hall–Kier alpha value is -0.0400. The van der Waals surface area contributed by atoms with Crippen molar-refractivity contribution < 1.29 is 0 Å². The number of unbranched alkanes of at least 4 members (excludes halogenated alkanes) is 9. The van der Waals surface area contributed by atoms with Crippen LogP contribution in [-0.2, 0) is 0 Å². The molecule has 0 radical (unpaired) electrons. The summed E-state index contributed by atoms with van der Waals surface area (Å²) in [6, 6.07) is 0. The lowest BCUT2D eigenvalue weighted by Crippen LogP contribution is -2.27. The average molecular weight is 270 g/mol. The summed E-state index contributed by atoms with van der Waals surface area (Å²) in [6.45, 7) is 10.9. The van der Waals surface area contributed by atoms with Gasteiger partial charge in [0, 0.05) is 0 Å². The van der Waals surface area contributed by atoms with Gasteiger partial charge < -0.3 is 4.90 Å². The first-order valence-electron chi connectivity index (χ1n) is 9.07. The maximum Gasteiger partial charge on any atom is -0.00187 e. The minimum atomic E-state index is 1.33. The topological polar surface area (TPSA) is 3.24 Å². The first-order valence-corrected chi connectivity index (χ1v) is 9.07. The zero-order valence-electron chi connectivity index (χ0n) is 14.1. The van der Waals surface area contributed by atoms with Gasteiger partial charge in [0.15, 0.2) is 0 Å². The van der Waals surface area contributed by atoms with Gasteiger partial charge >= 0.3 is 0 Å². The molecule has 0 aliphatic heterocycles. The second kappa shape index (κ2) is 16.0. The highest BCUT2D eigenvalue weighted by Crippen LogP contribution is 2.08. The largest absolute Gasteiger partial charge is 0.303 e. The van der Waals surface area contributed by atoms with E-state index in [1.807, 2.05) is 0 Å². The van der Waals surface area contributed by atoms with E-state index in [-0.39, 0.29) is 0 Å². The average Bonchev–Trinajstić information content (AvgIpc) is 2.43. The van der Waals surface area contributed by atoms with Gasteiger partial charge in [0.05, 0.1) is 0 Å². The first-order chi connectivity index (χ1) is 9.35. The second-order valence-corrected chi connectivity index (χ2v) is 6.02. The van der Waals surface area contributed by atoms with Gasteiger partial charge in [-0.1, -0.05) is 78.6 Å². The maximum atomic E-state index is 2.72. The SMILES string of the molecule is CCCCCCCCN(CCCC)CCCCCC.